The highest BCUT2D eigenvalue weighted by molar-refractivity contribution is 5.72. The lowest BCUT2D eigenvalue weighted by Crippen LogP contribution is -2.37. The Morgan fingerprint density at radius 2 is 2.05 bits per heavy atom. The Labute approximate surface area is 120 Å². The maximum Gasteiger partial charge on any atom is 0.433 e. The van der Waals surface area contributed by atoms with Crippen LogP contribution in [0, 0.1) is 5.92 Å². The van der Waals surface area contributed by atoms with Crippen LogP contribution < -0.4 is 4.90 Å². The molecule has 0 amide bonds. The first-order chi connectivity index (χ1) is 9.91. The summed E-state index contributed by atoms with van der Waals surface area (Å²) in [6, 6.07) is 2.40. The smallest absolute Gasteiger partial charge is 0.433 e. The molecule has 1 aromatic rings. The molecule has 0 saturated carbocycles. The van der Waals surface area contributed by atoms with Crippen molar-refractivity contribution in [2.75, 3.05) is 24.6 Å². The molecule has 1 fully saturated rings. The van der Waals surface area contributed by atoms with E-state index in [4.69, 9.17) is 4.74 Å². The van der Waals surface area contributed by atoms with E-state index < -0.39 is 11.9 Å². The van der Waals surface area contributed by atoms with Crippen molar-refractivity contribution in [2.24, 2.45) is 5.92 Å². The molecule has 2 rings (SSSR count). The van der Waals surface area contributed by atoms with E-state index in [2.05, 4.69) is 4.98 Å². The molecule has 1 aliphatic rings. The van der Waals surface area contributed by atoms with Crippen LogP contribution in [0.25, 0.3) is 0 Å². The van der Waals surface area contributed by atoms with Crippen LogP contribution in [0.4, 0.5) is 18.9 Å². The number of hydrogen-bond acceptors (Lipinski definition) is 4. The number of carbonyl (C=O) groups excluding carboxylic acids is 1. The number of esters is 1. The topological polar surface area (TPSA) is 42.4 Å². The molecule has 1 aliphatic heterocycles. The van der Waals surface area contributed by atoms with E-state index in [1.54, 1.807) is 6.92 Å². The van der Waals surface area contributed by atoms with Crippen molar-refractivity contribution in [3.63, 3.8) is 0 Å². The first kappa shape index (κ1) is 15.6. The number of halogens is 3. The van der Waals surface area contributed by atoms with E-state index >= 15 is 0 Å². The highest BCUT2D eigenvalue weighted by Crippen LogP contribution is 2.29. The molecule has 116 valence electrons. The molecule has 0 spiro atoms. The molecule has 0 radical (unpaired) electrons. The number of alkyl halides is 3. The Morgan fingerprint density at radius 3 is 2.52 bits per heavy atom. The minimum Gasteiger partial charge on any atom is -0.466 e. The summed E-state index contributed by atoms with van der Waals surface area (Å²) in [6.07, 6.45) is -1.91. The van der Waals surface area contributed by atoms with Gasteiger partial charge in [0, 0.05) is 13.1 Å². The Morgan fingerprint density at radius 1 is 1.38 bits per heavy atom. The van der Waals surface area contributed by atoms with Gasteiger partial charge in [-0.15, -0.1) is 0 Å². The average molecular weight is 302 g/mol. The van der Waals surface area contributed by atoms with E-state index in [0.717, 1.165) is 6.07 Å². The molecule has 0 N–H and O–H groups in total. The summed E-state index contributed by atoms with van der Waals surface area (Å²) >= 11 is 0. The zero-order valence-corrected chi connectivity index (χ0v) is 11.7. The monoisotopic (exact) mass is 302 g/mol. The van der Waals surface area contributed by atoms with Crippen molar-refractivity contribution in [2.45, 2.75) is 25.9 Å². The van der Waals surface area contributed by atoms with Crippen LogP contribution in [-0.2, 0) is 15.7 Å². The van der Waals surface area contributed by atoms with Crippen LogP contribution in [0.15, 0.2) is 18.3 Å². The van der Waals surface area contributed by atoms with Gasteiger partial charge < -0.3 is 9.64 Å². The highest BCUT2D eigenvalue weighted by atomic mass is 19.4. The Balaban J connectivity index is 1.95. The molecule has 2 heterocycles. The van der Waals surface area contributed by atoms with Crippen LogP contribution in [0.5, 0.6) is 0 Å². The molecule has 0 bridgehead atoms. The summed E-state index contributed by atoms with van der Waals surface area (Å²) in [7, 11) is 0. The maximum atomic E-state index is 12.4. The lowest BCUT2D eigenvalue weighted by molar-refractivity contribution is -0.148. The maximum absolute atomic E-state index is 12.4. The van der Waals surface area contributed by atoms with Gasteiger partial charge in [0.05, 0.1) is 24.4 Å². The second-order valence-corrected chi connectivity index (χ2v) is 4.91. The normalized spacial score (nSPS) is 16.9. The minimum atomic E-state index is -4.42. The summed E-state index contributed by atoms with van der Waals surface area (Å²) in [5.41, 5.74) is -0.252. The van der Waals surface area contributed by atoms with E-state index in [0.29, 0.717) is 38.2 Å². The molecular weight excluding hydrogens is 285 g/mol. The van der Waals surface area contributed by atoms with E-state index in [1.165, 1.54) is 12.3 Å². The number of nitrogens with zero attached hydrogens (tertiary/aromatic N) is 2. The Hall–Kier alpha value is -1.79. The summed E-state index contributed by atoms with van der Waals surface area (Å²) in [5, 5.41) is 0. The largest absolute Gasteiger partial charge is 0.466 e. The molecular formula is C14H17F3N2O2. The molecule has 4 nitrogen and oxygen atoms in total. The fourth-order valence-corrected chi connectivity index (χ4v) is 2.37. The predicted octanol–water partition coefficient (Wildman–Crippen LogP) is 2.88. The SMILES string of the molecule is CCOC(=O)C1CCN(c2ccc(C(F)(F)F)nc2)CC1. The minimum absolute atomic E-state index is 0.122. The average Bonchev–Trinajstić information content (AvgIpc) is 2.47. The summed E-state index contributed by atoms with van der Waals surface area (Å²) in [6.45, 7) is 3.34. The van der Waals surface area contributed by atoms with Crippen LogP contribution in [0.3, 0.4) is 0 Å². The van der Waals surface area contributed by atoms with Gasteiger partial charge >= 0.3 is 12.1 Å². The number of aromatic nitrogens is 1. The van der Waals surface area contributed by atoms with E-state index in [-0.39, 0.29) is 11.9 Å². The predicted molar refractivity (Wildman–Crippen MR) is 70.8 cm³/mol. The molecule has 0 aromatic carbocycles. The summed E-state index contributed by atoms with van der Waals surface area (Å²) in [4.78, 5) is 17.0. The third-order valence-electron chi connectivity index (χ3n) is 3.52. The van der Waals surface area contributed by atoms with Crippen LogP contribution in [-0.4, -0.2) is 30.6 Å². The lowest BCUT2D eigenvalue weighted by atomic mass is 9.97. The van der Waals surface area contributed by atoms with Crippen molar-refractivity contribution < 1.29 is 22.7 Å². The Kier molecular flexibility index (Phi) is 4.69. The molecule has 0 atom stereocenters. The summed E-state index contributed by atoms with van der Waals surface area (Å²) < 4.78 is 42.3. The quantitative estimate of drug-likeness (QED) is 0.805. The first-order valence-electron chi connectivity index (χ1n) is 6.86. The standard InChI is InChI=1S/C14H17F3N2O2/c1-2-21-13(20)10-5-7-19(8-6-10)11-3-4-12(18-9-11)14(15,16)17/h3-4,9-10H,2,5-8H2,1H3. The number of ether oxygens (including phenoxy) is 1. The number of rotatable bonds is 3. The van der Waals surface area contributed by atoms with Gasteiger partial charge in [0.1, 0.15) is 5.69 Å². The van der Waals surface area contributed by atoms with E-state index in [1.807, 2.05) is 4.90 Å². The molecule has 1 saturated heterocycles. The van der Waals surface area contributed by atoms with Gasteiger partial charge in [-0.25, -0.2) is 4.98 Å². The van der Waals surface area contributed by atoms with Gasteiger partial charge in [-0.2, -0.15) is 13.2 Å². The van der Waals surface area contributed by atoms with Crippen molar-refractivity contribution in [1.29, 1.82) is 0 Å². The first-order valence-corrected chi connectivity index (χ1v) is 6.86. The van der Waals surface area contributed by atoms with Gasteiger partial charge in [-0.05, 0) is 31.9 Å². The van der Waals surface area contributed by atoms with Gasteiger partial charge in [0.25, 0.3) is 0 Å². The van der Waals surface area contributed by atoms with Crippen LogP contribution in [0.2, 0.25) is 0 Å². The second kappa shape index (κ2) is 6.32. The fourth-order valence-electron chi connectivity index (χ4n) is 2.37. The van der Waals surface area contributed by atoms with Crippen molar-refractivity contribution in [3.8, 4) is 0 Å². The fraction of sp³-hybridized carbons (Fsp3) is 0.571. The van der Waals surface area contributed by atoms with Gasteiger partial charge in [-0.3, -0.25) is 4.79 Å². The molecule has 0 unspecified atom stereocenters. The Bertz CT molecular complexity index is 480. The van der Waals surface area contributed by atoms with E-state index in [9.17, 15) is 18.0 Å². The zero-order chi connectivity index (χ0) is 15.5. The number of hydrogen-bond donors (Lipinski definition) is 0. The number of piperidine rings is 1. The second-order valence-electron chi connectivity index (χ2n) is 4.91. The third kappa shape index (κ3) is 3.86. The molecule has 21 heavy (non-hydrogen) atoms. The molecule has 7 heteroatoms. The van der Waals surface area contributed by atoms with Crippen molar-refractivity contribution >= 4 is 11.7 Å². The molecule has 1 aromatic heterocycles. The summed E-state index contributed by atoms with van der Waals surface area (Å²) in [5.74, 6) is -0.314. The zero-order valence-electron chi connectivity index (χ0n) is 11.7. The molecule has 0 aliphatic carbocycles. The van der Waals surface area contributed by atoms with Crippen LogP contribution >= 0.6 is 0 Å². The van der Waals surface area contributed by atoms with Crippen molar-refractivity contribution in [1.82, 2.24) is 4.98 Å². The number of carbonyl (C=O) groups is 1. The highest BCUT2D eigenvalue weighted by Gasteiger charge is 2.32. The van der Waals surface area contributed by atoms with Gasteiger partial charge in [0.2, 0.25) is 0 Å². The number of anilines is 1. The number of pyridine rings is 1. The van der Waals surface area contributed by atoms with Gasteiger partial charge in [-0.1, -0.05) is 0 Å². The van der Waals surface area contributed by atoms with Crippen LogP contribution in [0.1, 0.15) is 25.5 Å². The third-order valence-corrected chi connectivity index (χ3v) is 3.52. The van der Waals surface area contributed by atoms with Crippen molar-refractivity contribution in [3.05, 3.63) is 24.0 Å². The van der Waals surface area contributed by atoms with Gasteiger partial charge in [0.15, 0.2) is 0 Å². The lowest BCUT2D eigenvalue weighted by Gasteiger charge is -2.32.